The molecule has 0 bridgehead atoms. The van der Waals surface area contributed by atoms with Crippen LogP contribution in [-0.4, -0.2) is 43.5 Å². The topological polar surface area (TPSA) is 72.6 Å². The Bertz CT molecular complexity index is 241. The minimum atomic E-state index is -0.469. The van der Waals surface area contributed by atoms with Crippen LogP contribution in [0.25, 0.3) is 0 Å². The summed E-state index contributed by atoms with van der Waals surface area (Å²) in [7, 11) is 3.05. The monoisotopic (exact) mass is 230 g/mol. The Balaban J connectivity index is 3.93. The first kappa shape index (κ1) is 14.9. The quantitative estimate of drug-likeness (QED) is 0.670. The number of hydrogen-bond acceptors (Lipinski definition) is 4. The lowest BCUT2D eigenvalue weighted by molar-refractivity contribution is -0.141. The van der Waals surface area contributed by atoms with Crippen LogP contribution in [0.4, 0.5) is 0 Å². The molecule has 0 spiro atoms. The highest BCUT2D eigenvalue weighted by Gasteiger charge is 2.20. The highest BCUT2D eigenvalue weighted by atomic mass is 16.5. The predicted molar refractivity (Wildman–Crippen MR) is 61.7 cm³/mol. The lowest BCUT2D eigenvalue weighted by Crippen LogP contribution is -2.45. The molecule has 0 aromatic rings. The van der Waals surface area contributed by atoms with E-state index in [1.54, 1.807) is 11.9 Å². The van der Waals surface area contributed by atoms with Gasteiger partial charge in [-0.1, -0.05) is 13.8 Å². The fraction of sp³-hybridized carbons (Fsp3) is 0.818. The van der Waals surface area contributed by atoms with Crippen molar-refractivity contribution in [3.8, 4) is 0 Å². The second kappa shape index (κ2) is 7.22. The summed E-state index contributed by atoms with van der Waals surface area (Å²) in [5.74, 6) is -0.218. The number of likely N-dealkylation sites (N-methyl/N-ethyl adjacent to an activating group) is 1. The number of hydrogen-bond donors (Lipinski definition) is 1. The summed E-state index contributed by atoms with van der Waals surface area (Å²) in [6.45, 7) is 4.34. The van der Waals surface area contributed by atoms with E-state index in [1.807, 2.05) is 13.8 Å². The van der Waals surface area contributed by atoms with Crippen LogP contribution in [0.5, 0.6) is 0 Å². The predicted octanol–water partition coefficient (Wildman–Crippen LogP) is 0.381. The van der Waals surface area contributed by atoms with Gasteiger partial charge in [0.2, 0.25) is 5.91 Å². The molecule has 94 valence electrons. The number of carbonyl (C=O) groups excluding carboxylic acids is 2. The first-order valence-corrected chi connectivity index (χ1v) is 5.47. The number of carbonyl (C=O) groups is 2. The van der Waals surface area contributed by atoms with Gasteiger partial charge in [-0.05, 0) is 12.3 Å². The maximum Gasteiger partial charge on any atom is 0.305 e. The average Bonchev–Trinajstić information content (AvgIpc) is 2.26. The van der Waals surface area contributed by atoms with Crippen molar-refractivity contribution in [2.45, 2.75) is 32.7 Å². The van der Waals surface area contributed by atoms with Crippen molar-refractivity contribution in [1.82, 2.24) is 4.90 Å². The van der Waals surface area contributed by atoms with Crippen LogP contribution < -0.4 is 5.73 Å². The molecule has 0 fully saturated rings. The van der Waals surface area contributed by atoms with E-state index in [9.17, 15) is 9.59 Å². The lowest BCUT2D eigenvalue weighted by atomic mass is 10.0. The van der Waals surface area contributed by atoms with Crippen molar-refractivity contribution in [1.29, 1.82) is 0 Å². The third kappa shape index (κ3) is 5.11. The molecule has 5 heteroatoms. The Morgan fingerprint density at radius 1 is 1.38 bits per heavy atom. The fourth-order valence-corrected chi connectivity index (χ4v) is 1.21. The van der Waals surface area contributed by atoms with Crippen LogP contribution in [0.2, 0.25) is 0 Å². The second-order valence-corrected chi connectivity index (χ2v) is 4.21. The summed E-state index contributed by atoms with van der Waals surface area (Å²) in [6.07, 6.45) is 0.921. The highest BCUT2D eigenvalue weighted by molar-refractivity contribution is 5.81. The molecule has 2 N–H and O–H groups in total. The molecule has 0 saturated carbocycles. The minimum Gasteiger partial charge on any atom is -0.469 e. The van der Waals surface area contributed by atoms with E-state index in [4.69, 9.17) is 5.73 Å². The van der Waals surface area contributed by atoms with E-state index in [0.717, 1.165) is 0 Å². The van der Waals surface area contributed by atoms with Gasteiger partial charge in [-0.15, -0.1) is 0 Å². The number of nitrogens with two attached hydrogens (primary N) is 1. The van der Waals surface area contributed by atoms with Gasteiger partial charge in [-0.3, -0.25) is 9.59 Å². The van der Waals surface area contributed by atoms with Crippen LogP contribution in [0, 0.1) is 5.92 Å². The molecule has 0 aliphatic heterocycles. The van der Waals surface area contributed by atoms with Crippen molar-refractivity contribution in [3.05, 3.63) is 0 Å². The zero-order valence-electron chi connectivity index (χ0n) is 10.5. The Labute approximate surface area is 96.9 Å². The van der Waals surface area contributed by atoms with Crippen LogP contribution in [0.15, 0.2) is 0 Å². The van der Waals surface area contributed by atoms with Gasteiger partial charge in [0.05, 0.1) is 13.2 Å². The number of esters is 1. The molecule has 16 heavy (non-hydrogen) atoms. The third-order valence-corrected chi connectivity index (χ3v) is 2.48. The first-order valence-electron chi connectivity index (χ1n) is 5.47. The molecule has 0 aliphatic carbocycles. The van der Waals surface area contributed by atoms with Gasteiger partial charge in [0.15, 0.2) is 0 Å². The van der Waals surface area contributed by atoms with Crippen molar-refractivity contribution in [3.63, 3.8) is 0 Å². The van der Waals surface area contributed by atoms with Crippen molar-refractivity contribution >= 4 is 11.9 Å². The summed E-state index contributed by atoms with van der Waals surface area (Å²) in [6, 6.07) is -0.469. The summed E-state index contributed by atoms with van der Waals surface area (Å²) >= 11 is 0. The van der Waals surface area contributed by atoms with E-state index in [0.29, 0.717) is 19.4 Å². The van der Waals surface area contributed by atoms with Crippen LogP contribution in [0.1, 0.15) is 26.7 Å². The Morgan fingerprint density at radius 2 is 1.94 bits per heavy atom. The molecule has 5 nitrogen and oxygen atoms in total. The van der Waals surface area contributed by atoms with Gasteiger partial charge in [-0.25, -0.2) is 0 Å². The average molecular weight is 230 g/mol. The molecular weight excluding hydrogens is 208 g/mol. The van der Waals surface area contributed by atoms with Crippen LogP contribution in [-0.2, 0) is 14.3 Å². The van der Waals surface area contributed by atoms with Crippen LogP contribution >= 0.6 is 0 Å². The van der Waals surface area contributed by atoms with Gasteiger partial charge < -0.3 is 15.4 Å². The molecule has 0 radical (unpaired) electrons. The number of methoxy groups -OCH3 is 1. The number of ether oxygens (including phenoxy) is 1. The lowest BCUT2D eigenvalue weighted by Gasteiger charge is -2.23. The Hall–Kier alpha value is -1.10. The molecule has 0 heterocycles. The number of rotatable bonds is 6. The highest BCUT2D eigenvalue weighted by Crippen LogP contribution is 2.03. The maximum absolute atomic E-state index is 11.7. The molecule has 1 atom stereocenters. The molecule has 0 aliphatic rings. The SMILES string of the molecule is COC(=O)CCCN(C)C(=O)[C@@H](N)C(C)C. The standard InChI is InChI=1S/C11H22N2O3/c1-8(2)10(12)11(15)13(3)7-5-6-9(14)16-4/h8,10H,5-7,12H2,1-4H3/t10-/m0/s1. The van der Waals surface area contributed by atoms with Crippen molar-refractivity contribution in [2.75, 3.05) is 20.7 Å². The minimum absolute atomic E-state index is 0.0835. The van der Waals surface area contributed by atoms with Gasteiger partial charge in [0.1, 0.15) is 0 Å². The zero-order chi connectivity index (χ0) is 12.7. The summed E-state index contributed by atoms with van der Waals surface area (Å²) in [5.41, 5.74) is 5.74. The molecule has 0 aromatic heterocycles. The number of nitrogens with zero attached hydrogens (tertiary/aromatic N) is 1. The summed E-state index contributed by atoms with van der Waals surface area (Å²) in [4.78, 5) is 24.1. The van der Waals surface area contributed by atoms with Crippen LogP contribution in [0.3, 0.4) is 0 Å². The van der Waals surface area contributed by atoms with Crippen molar-refractivity contribution in [2.24, 2.45) is 11.7 Å². The molecular formula is C11H22N2O3. The van der Waals surface area contributed by atoms with Gasteiger partial charge in [0, 0.05) is 20.0 Å². The Morgan fingerprint density at radius 3 is 2.38 bits per heavy atom. The van der Waals surface area contributed by atoms with E-state index < -0.39 is 6.04 Å². The van der Waals surface area contributed by atoms with E-state index in [-0.39, 0.29) is 17.8 Å². The fourth-order valence-electron chi connectivity index (χ4n) is 1.21. The van der Waals surface area contributed by atoms with Gasteiger partial charge in [-0.2, -0.15) is 0 Å². The number of amides is 1. The zero-order valence-corrected chi connectivity index (χ0v) is 10.5. The molecule has 0 aromatic carbocycles. The second-order valence-electron chi connectivity index (χ2n) is 4.21. The van der Waals surface area contributed by atoms with Gasteiger partial charge >= 0.3 is 5.97 Å². The molecule has 1 amide bonds. The maximum atomic E-state index is 11.7. The summed E-state index contributed by atoms with van der Waals surface area (Å²) in [5, 5.41) is 0. The smallest absolute Gasteiger partial charge is 0.305 e. The van der Waals surface area contributed by atoms with E-state index in [2.05, 4.69) is 4.74 Å². The van der Waals surface area contributed by atoms with E-state index >= 15 is 0 Å². The van der Waals surface area contributed by atoms with E-state index in [1.165, 1.54) is 7.11 Å². The largest absolute Gasteiger partial charge is 0.469 e. The first-order chi connectivity index (χ1) is 7.40. The summed E-state index contributed by atoms with van der Waals surface area (Å²) < 4.78 is 4.51. The third-order valence-electron chi connectivity index (χ3n) is 2.48. The normalized spacial score (nSPS) is 12.4. The van der Waals surface area contributed by atoms with Gasteiger partial charge in [0.25, 0.3) is 0 Å². The molecule has 0 unspecified atom stereocenters. The Kier molecular flexibility index (Phi) is 6.72. The van der Waals surface area contributed by atoms with Crippen molar-refractivity contribution < 1.29 is 14.3 Å². The molecule has 0 saturated heterocycles. The molecule has 0 rings (SSSR count).